The third kappa shape index (κ3) is 4.65. The van der Waals surface area contributed by atoms with E-state index in [0.717, 1.165) is 45.9 Å². The highest BCUT2D eigenvalue weighted by Gasteiger charge is 2.12. The zero-order valence-corrected chi connectivity index (χ0v) is 15.3. The van der Waals surface area contributed by atoms with Gasteiger partial charge in [-0.15, -0.1) is 0 Å². The van der Waals surface area contributed by atoms with Crippen molar-refractivity contribution < 1.29 is 0 Å². The Hall–Kier alpha value is -1.67. The Balaban J connectivity index is 2.05. The molecule has 0 aliphatic heterocycles. The van der Waals surface area contributed by atoms with Gasteiger partial charge in [-0.3, -0.25) is 4.99 Å². The topological polar surface area (TPSA) is 81.8 Å². The lowest BCUT2D eigenvalue weighted by molar-refractivity contribution is 0.823. The maximum atomic E-state index is 4.63. The first kappa shape index (κ1) is 17.7. The summed E-state index contributed by atoms with van der Waals surface area (Å²) < 4.78 is 0. The van der Waals surface area contributed by atoms with E-state index in [4.69, 9.17) is 0 Å². The van der Waals surface area contributed by atoms with Gasteiger partial charge in [-0.25, -0.2) is 9.97 Å². The smallest absolute Gasteiger partial charge is 0.177 e. The number of aromatic nitrogens is 4. The predicted molar refractivity (Wildman–Crippen MR) is 98.2 cm³/mol. The van der Waals surface area contributed by atoms with Crippen molar-refractivity contribution in [3.05, 3.63) is 35.6 Å². The molecule has 0 unspecified atom stereocenters. The van der Waals surface area contributed by atoms with Crippen molar-refractivity contribution in [1.29, 1.82) is 0 Å². The van der Waals surface area contributed by atoms with Crippen LogP contribution in [0.15, 0.2) is 28.1 Å². The molecule has 0 spiro atoms. The van der Waals surface area contributed by atoms with Gasteiger partial charge in [-0.2, -0.15) is 0 Å². The van der Waals surface area contributed by atoms with E-state index in [1.54, 1.807) is 41.1 Å². The number of aryl methyl sites for hydroxylation is 2. The van der Waals surface area contributed by atoms with E-state index in [9.17, 15) is 0 Å². The molecular formula is C15H22N6S2. The molecule has 0 bridgehead atoms. The predicted octanol–water partition coefficient (Wildman–Crippen LogP) is 3.34. The third-order valence-corrected chi connectivity index (χ3v) is 5.18. The number of imidazole rings is 2. The molecular weight excluding hydrogens is 328 g/mol. The van der Waals surface area contributed by atoms with Gasteiger partial charge in [0.25, 0.3) is 0 Å². The minimum absolute atomic E-state index is 0.711. The van der Waals surface area contributed by atoms with Crippen molar-refractivity contribution in [3.63, 3.8) is 0 Å². The van der Waals surface area contributed by atoms with Crippen molar-refractivity contribution in [2.75, 3.05) is 7.05 Å². The van der Waals surface area contributed by atoms with Gasteiger partial charge in [-0.1, -0.05) is 20.4 Å². The minimum Gasteiger partial charge on any atom is -0.386 e. The summed E-state index contributed by atoms with van der Waals surface area (Å²) in [7, 11) is 4.88. The van der Waals surface area contributed by atoms with Crippen LogP contribution in [0.2, 0.25) is 0 Å². The van der Waals surface area contributed by atoms with Crippen LogP contribution in [0, 0.1) is 0 Å². The number of rotatable bonds is 9. The fourth-order valence-corrected chi connectivity index (χ4v) is 3.80. The second kappa shape index (κ2) is 8.83. The highest BCUT2D eigenvalue weighted by molar-refractivity contribution is 8.76. The Kier molecular flexibility index (Phi) is 6.79. The molecule has 0 saturated carbocycles. The number of nitrogens with zero attached hydrogens (tertiary/aromatic N) is 3. The molecule has 2 heterocycles. The number of hydrogen-bond acceptors (Lipinski definition) is 6. The molecule has 23 heavy (non-hydrogen) atoms. The minimum atomic E-state index is 0.711. The SMILES string of the molecule is C=CNCc1[nH]c(SSc2nc(C=NC)c(CC)[nH]2)nc1CC. The molecule has 0 aromatic carbocycles. The van der Waals surface area contributed by atoms with E-state index in [1.807, 2.05) is 0 Å². The van der Waals surface area contributed by atoms with Crippen LogP contribution in [0.25, 0.3) is 0 Å². The van der Waals surface area contributed by atoms with Gasteiger partial charge in [-0.05, 0) is 40.6 Å². The lowest BCUT2D eigenvalue weighted by atomic mass is 10.2. The first-order valence-corrected chi connectivity index (χ1v) is 9.64. The number of H-pyrrole nitrogens is 2. The molecule has 3 N–H and O–H groups in total. The standard InChI is InChI=1S/C15H22N6S2/c1-5-10-12(8-16-4)20-14(18-10)22-23-15-19-11(6-2)13(21-15)9-17-7-3/h7-8,17H,3,5-6,9H2,1-2,4H3,(H,18,20)(H,19,21). The largest absolute Gasteiger partial charge is 0.386 e. The number of aromatic amines is 2. The van der Waals surface area contributed by atoms with Gasteiger partial charge in [0.2, 0.25) is 0 Å². The van der Waals surface area contributed by atoms with Gasteiger partial charge in [0.15, 0.2) is 10.3 Å². The quantitative estimate of drug-likeness (QED) is 0.477. The maximum absolute atomic E-state index is 4.63. The van der Waals surface area contributed by atoms with Crippen LogP contribution in [0.4, 0.5) is 0 Å². The molecule has 2 aromatic heterocycles. The Morgan fingerprint density at radius 1 is 1.13 bits per heavy atom. The van der Waals surface area contributed by atoms with Crippen molar-refractivity contribution >= 4 is 27.8 Å². The first-order chi connectivity index (χ1) is 11.2. The lowest BCUT2D eigenvalue weighted by Crippen LogP contribution is -2.06. The highest BCUT2D eigenvalue weighted by Crippen LogP contribution is 2.35. The number of aliphatic imine (C=N–C) groups is 1. The van der Waals surface area contributed by atoms with Crippen molar-refractivity contribution in [3.8, 4) is 0 Å². The number of nitrogens with one attached hydrogen (secondary N) is 3. The van der Waals surface area contributed by atoms with E-state index in [1.165, 1.54) is 0 Å². The molecule has 0 amide bonds. The summed E-state index contributed by atoms with van der Waals surface area (Å²) in [5, 5.41) is 4.85. The van der Waals surface area contributed by atoms with Crippen LogP contribution in [0.1, 0.15) is 36.6 Å². The average Bonchev–Trinajstić information content (AvgIpc) is 3.14. The van der Waals surface area contributed by atoms with Gasteiger partial charge in [0.1, 0.15) is 5.69 Å². The summed E-state index contributed by atoms with van der Waals surface area (Å²) >= 11 is 0. The molecule has 124 valence electrons. The van der Waals surface area contributed by atoms with Crippen LogP contribution in [0.3, 0.4) is 0 Å². The van der Waals surface area contributed by atoms with Gasteiger partial charge in [0, 0.05) is 19.0 Å². The van der Waals surface area contributed by atoms with E-state index >= 15 is 0 Å². The molecule has 0 aliphatic carbocycles. The van der Waals surface area contributed by atoms with Crippen LogP contribution >= 0.6 is 21.6 Å². The molecule has 0 saturated heterocycles. The Morgan fingerprint density at radius 3 is 2.43 bits per heavy atom. The molecule has 2 aromatic rings. The van der Waals surface area contributed by atoms with Gasteiger partial charge >= 0.3 is 0 Å². The summed E-state index contributed by atoms with van der Waals surface area (Å²) in [6.45, 7) is 8.58. The van der Waals surface area contributed by atoms with Gasteiger partial charge < -0.3 is 15.3 Å². The van der Waals surface area contributed by atoms with E-state index < -0.39 is 0 Å². The van der Waals surface area contributed by atoms with Gasteiger partial charge in [0.05, 0.1) is 17.9 Å². The van der Waals surface area contributed by atoms with E-state index in [2.05, 4.69) is 50.7 Å². The normalized spacial score (nSPS) is 11.3. The second-order valence-electron chi connectivity index (χ2n) is 4.72. The van der Waals surface area contributed by atoms with Crippen LogP contribution in [-0.4, -0.2) is 33.2 Å². The summed E-state index contributed by atoms with van der Waals surface area (Å²) in [5.41, 5.74) is 4.18. The monoisotopic (exact) mass is 350 g/mol. The molecule has 8 heteroatoms. The summed E-state index contributed by atoms with van der Waals surface area (Å²) in [6.07, 6.45) is 5.27. The fourth-order valence-electron chi connectivity index (χ4n) is 2.09. The van der Waals surface area contributed by atoms with Crippen LogP contribution in [0.5, 0.6) is 0 Å². The highest BCUT2D eigenvalue weighted by atomic mass is 33.1. The molecule has 0 radical (unpaired) electrons. The molecule has 0 atom stereocenters. The number of hydrogen-bond donors (Lipinski definition) is 3. The maximum Gasteiger partial charge on any atom is 0.177 e. The average molecular weight is 351 g/mol. The second-order valence-corrected chi connectivity index (χ2v) is 6.83. The zero-order valence-electron chi connectivity index (χ0n) is 13.6. The van der Waals surface area contributed by atoms with E-state index in [0.29, 0.717) is 6.54 Å². The summed E-state index contributed by atoms with van der Waals surface area (Å²) in [5.74, 6) is 0. The lowest BCUT2D eigenvalue weighted by Gasteiger charge is -1.99. The fraction of sp³-hybridized carbons (Fsp3) is 0.400. The summed E-state index contributed by atoms with van der Waals surface area (Å²) in [6, 6.07) is 0. The first-order valence-electron chi connectivity index (χ1n) is 7.49. The van der Waals surface area contributed by atoms with Crippen molar-refractivity contribution in [1.82, 2.24) is 25.3 Å². The molecule has 6 nitrogen and oxygen atoms in total. The van der Waals surface area contributed by atoms with E-state index in [-0.39, 0.29) is 0 Å². The Labute approximate surface area is 144 Å². The van der Waals surface area contributed by atoms with Crippen LogP contribution in [-0.2, 0) is 19.4 Å². The van der Waals surface area contributed by atoms with Crippen molar-refractivity contribution in [2.45, 2.75) is 43.5 Å². The summed E-state index contributed by atoms with van der Waals surface area (Å²) in [4.78, 5) is 19.9. The van der Waals surface area contributed by atoms with Crippen LogP contribution < -0.4 is 5.32 Å². The Bertz CT molecular complexity index is 674. The van der Waals surface area contributed by atoms with Crippen molar-refractivity contribution in [2.24, 2.45) is 4.99 Å². The third-order valence-electron chi connectivity index (χ3n) is 3.19. The zero-order chi connectivity index (χ0) is 16.7. The molecule has 2 rings (SSSR count). The molecule has 0 fully saturated rings. The Morgan fingerprint density at radius 2 is 1.83 bits per heavy atom. The molecule has 0 aliphatic rings.